The third-order valence-electron chi connectivity index (χ3n) is 6.03. The molecular weight excluding hydrogens is 440 g/mol. The third kappa shape index (κ3) is 3.90. The molecule has 3 aromatic heterocycles. The van der Waals surface area contributed by atoms with Crippen LogP contribution in [0.1, 0.15) is 47.4 Å². The number of benzene rings is 1. The Morgan fingerprint density at radius 3 is 2.70 bits per heavy atom. The van der Waals surface area contributed by atoms with Crippen molar-refractivity contribution in [1.29, 1.82) is 5.26 Å². The maximum Gasteiger partial charge on any atom is 0.277 e. The Morgan fingerprint density at radius 1 is 1.21 bits per heavy atom. The van der Waals surface area contributed by atoms with Crippen molar-refractivity contribution in [3.63, 3.8) is 0 Å². The molecule has 0 amide bonds. The van der Waals surface area contributed by atoms with Crippen LogP contribution < -0.4 is 5.56 Å². The molecular formula is C24H21ClN6O2. The molecule has 8 nitrogen and oxygen atoms in total. The summed E-state index contributed by atoms with van der Waals surface area (Å²) in [5, 5.41) is 13.5. The van der Waals surface area contributed by atoms with Crippen molar-refractivity contribution in [2.24, 2.45) is 7.05 Å². The average molecular weight is 461 g/mol. The van der Waals surface area contributed by atoms with E-state index in [0.717, 1.165) is 29.7 Å². The summed E-state index contributed by atoms with van der Waals surface area (Å²) in [6.45, 7) is 2.29. The van der Waals surface area contributed by atoms with Gasteiger partial charge in [-0.05, 0) is 31.9 Å². The molecule has 0 aliphatic carbocycles. The standard InChI is InChI=1S/C24H21ClN6O2/c1-14-21(25)24(32)31-13-19(17-7-8-33-20(9-17)18-11-27-30(2)12-18)29-22(23(31)28-14)16-5-3-15(10-26)4-6-16/h3-6,11-13,17,20H,7-9H2,1-2H3/t17-,20-/m0/s1. The first-order valence-corrected chi connectivity index (χ1v) is 11.0. The highest BCUT2D eigenvalue weighted by Crippen LogP contribution is 2.37. The second-order valence-corrected chi connectivity index (χ2v) is 8.62. The van der Waals surface area contributed by atoms with E-state index in [-0.39, 0.29) is 22.6 Å². The molecule has 33 heavy (non-hydrogen) atoms. The smallest absolute Gasteiger partial charge is 0.277 e. The van der Waals surface area contributed by atoms with Crippen LogP contribution in [0.2, 0.25) is 5.02 Å². The van der Waals surface area contributed by atoms with Gasteiger partial charge >= 0.3 is 0 Å². The fraction of sp³-hybridized carbons (Fsp3) is 0.292. The Bertz CT molecular complexity index is 1450. The number of ether oxygens (including phenoxy) is 1. The van der Waals surface area contributed by atoms with Crippen LogP contribution in [-0.4, -0.2) is 30.8 Å². The van der Waals surface area contributed by atoms with Crippen molar-refractivity contribution < 1.29 is 4.74 Å². The van der Waals surface area contributed by atoms with Gasteiger partial charge in [-0.1, -0.05) is 23.7 Å². The van der Waals surface area contributed by atoms with Gasteiger partial charge in [0.25, 0.3) is 5.56 Å². The highest BCUT2D eigenvalue weighted by Gasteiger charge is 2.28. The molecule has 0 bridgehead atoms. The molecule has 1 aliphatic rings. The molecule has 0 spiro atoms. The molecule has 9 heteroatoms. The Labute approximate surface area is 195 Å². The van der Waals surface area contributed by atoms with Crippen LogP contribution in [0.15, 0.2) is 47.7 Å². The second kappa shape index (κ2) is 8.43. The molecule has 0 N–H and O–H groups in total. The van der Waals surface area contributed by atoms with Crippen LogP contribution in [0.4, 0.5) is 0 Å². The summed E-state index contributed by atoms with van der Waals surface area (Å²) in [5.74, 6) is 0.0810. The Balaban J connectivity index is 1.64. The summed E-state index contributed by atoms with van der Waals surface area (Å²) in [4.78, 5) is 22.6. The predicted octanol–water partition coefficient (Wildman–Crippen LogP) is 3.96. The number of hydrogen-bond acceptors (Lipinski definition) is 6. The number of aromatic nitrogens is 5. The van der Waals surface area contributed by atoms with Crippen LogP contribution in [0, 0.1) is 18.3 Å². The van der Waals surface area contributed by atoms with Gasteiger partial charge in [-0.2, -0.15) is 10.4 Å². The van der Waals surface area contributed by atoms with Gasteiger partial charge in [0.2, 0.25) is 0 Å². The minimum Gasteiger partial charge on any atom is -0.373 e. The summed E-state index contributed by atoms with van der Waals surface area (Å²) in [6.07, 6.45) is 6.94. The lowest BCUT2D eigenvalue weighted by molar-refractivity contribution is 0.00456. The normalized spacial score (nSPS) is 18.4. The van der Waals surface area contributed by atoms with Crippen molar-refractivity contribution in [2.75, 3.05) is 6.61 Å². The number of nitrogens with zero attached hydrogens (tertiary/aromatic N) is 6. The summed E-state index contributed by atoms with van der Waals surface area (Å²) in [7, 11) is 1.88. The van der Waals surface area contributed by atoms with E-state index in [9.17, 15) is 4.79 Å². The average Bonchev–Trinajstić information content (AvgIpc) is 3.29. The summed E-state index contributed by atoms with van der Waals surface area (Å²) in [5.41, 5.74) is 4.27. The maximum atomic E-state index is 13.0. The van der Waals surface area contributed by atoms with E-state index in [2.05, 4.69) is 16.2 Å². The molecule has 0 radical (unpaired) electrons. The molecule has 0 saturated carbocycles. The van der Waals surface area contributed by atoms with Gasteiger partial charge in [0, 0.05) is 43.1 Å². The first-order chi connectivity index (χ1) is 15.9. The molecule has 5 rings (SSSR count). The second-order valence-electron chi connectivity index (χ2n) is 8.24. The van der Waals surface area contributed by atoms with Gasteiger partial charge in [-0.3, -0.25) is 13.9 Å². The van der Waals surface area contributed by atoms with Crippen LogP contribution >= 0.6 is 11.6 Å². The van der Waals surface area contributed by atoms with Gasteiger partial charge in [-0.25, -0.2) is 9.97 Å². The van der Waals surface area contributed by atoms with E-state index < -0.39 is 0 Å². The molecule has 2 atom stereocenters. The number of halogens is 1. The van der Waals surface area contributed by atoms with Crippen molar-refractivity contribution in [2.45, 2.75) is 31.8 Å². The van der Waals surface area contributed by atoms with Crippen molar-refractivity contribution in [3.05, 3.63) is 80.7 Å². The SMILES string of the molecule is Cc1nc2c(-c3ccc(C#N)cc3)nc([C@H]3CCO[C@H](c4cnn(C)c4)C3)cn2c(=O)c1Cl. The number of fused-ring (bicyclic) bond motifs is 1. The summed E-state index contributed by atoms with van der Waals surface area (Å²) in [6, 6.07) is 9.23. The highest BCUT2D eigenvalue weighted by molar-refractivity contribution is 6.31. The fourth-order valence-corrected chi connectivity index (χ4v) is 4.38. The topological polar surface area (TPSA) is 98.1 Å². The quantitative estimate of drug-likeness (QED) is 0.459. The molecule has 1 fully saturated rings. The highest BCUT2D eigenvalue weighted by atomic mass is 35.5. The van der Waals surface area contributed by atoms with Crippen LogP contribution in [0.5, 0.6) is 0 Å². The molecule has 1 saturated heterocycles. The monoisotopic (exact) mass is 460 g/mol. The van der Waals surface area contributed by atoms with Crippen molar-refractivity contribution >= 4 is 17.2 Å². The lowest BCUT2D eigenvalue weighted by Crippen LogP contribution is -2.23. The van der Waals surface area contributed by atoms with E-state index in [4.69, 9.17) is 26.6 Å². The Morgan fingerprint density at radius 2 is 2.00 bits per heavy atom. The number of hydrogen-bond donors (Lipinski definition) is 0. The number of nitriles is 1. The molecule has 1 aromatic carbocycles. The van der Waals surface area contributed by atoms with E-state index in [0.29, 0.717) is 29.2 Å². The van der Waals surface area contributed by atoms with Gasteiger partial charge in [0.05, 0.1) is 35.3 Å². The van der Waals surface area contributed by atoms with E-state index >= 15 is 0 Å². The van der Waals surface area contributed by atoms with E-state index in [1.165, 1.54) is 4.40 Å². The first kappa shape index (κ1) is 21.3. The fourth-order valence-electron chi connectivity index (χ4n) is 4.24. The zero-order valence-corrected chi connectivity index (χ0v) is 19.0. The van der Waals surface area contributed by atoms with Crippen LogP contribution in [-0.2, 0) is 11.8 Å². The predicted molar refractivity (Wildman–Crippen MR) is 123 cm³/mol. The molecule has 166 valence electrons. The zero-order valence-electron chi connectivity index (χ0n) is 18.2. The number of rotatable bonds is 3. The van der Waals surface area contributed by atoms with Gasteiger partial charge in [0.15, 0.2) is 5.65 Å². The molecule has 4 aromatic rings. The molecule has 1 aliphatic heterocycles. The molecule has 4 heterocycles. The summed E-state index contributed by atoms with van der Waals surface area (Å²) >= 11 is 6.26. The van der Waals surface area contributed by atoms with Crippen molar-refractivity contribution in [3.8, 4) is 17.3 Å². The van der Waals surface area contributed by atoms with Crippen LogP contribution in [0.25, 0.3) is 16.9 Å². The minimum absolute atomic E-state index is 0.0810. The molecule has 0 unspecified atom stereocenters. The van der Waals surface area contributed by atoms with E-state index in [1.807, 2.05) is 31.6 Å². The Hall–Kier alpha value is -3.54. The van der Waals surface area contributed by atoms with Crippen molar-refractivity contribution in [1.82, 2.24) is 24.1 Å². The van der Waals surface area contributed by atoms with Gasteiger partial charge < -0.3 is 4.74 Å². The summed E-state index contributed by atoms with van der Waals surface area (Å²) < 4.78 is 9.25. The Kier molecular flexibility index (Phi) is 5.44. The van der Waals surface area contributed by atoms with Gasteiger partial charge in [-0.15, -0.1) is 0 Å². The van der Waals surface area contributed by atoms with Gasteiger partial charge in [0.1, 0.15) is 10.7 Å². The zero-order chi connectivity index (χ0) is 23.1. The van der Waals surface area contributed by atoms with E-state index in [1.54, 1.807) is 29.9 Å². The van der Waals surface area contributed by atoms with Crippen LogP contribution in [0.3, 0.4) is 0 Å². The largest absolute Gasteiger partial charge is 0.373 e. The maximum absolute atomic E-state index is 13.0. The first-order valence-electron chi connectivity index (χ1n) is 10.6. The lowest BCUT2D eigenvalue weighted by atomic mass is 9.90. The lowest BCUT2D eigenvalue weighted by Gasteiger charge is -2.29. The number of aryl methyl sites for hydroxylation is 2. The minimum atomic E-state index is -0.325. The third-order valence-corrected chi connectivity index (χ3v) is 6.46.